The molecule has 0 saturated heterocycles. The summed E-state index contributed by atoms with van der Waals surface area (Å²) in [4.78, 5) is 35.3. The van der Waals surface area contributed by atoms with E-state index in [1.54, 1.807) is 11.8 Å². The van der Waals surface area contributed by atoms with Crippen molar-refractivity contribution < 1.29 is 19.1 Å². The number of hydrogen-bond acceptors (Lipinski definition) is 4. The fraction of sp³-hybridized carbons (Fsp3) is 0.727. The Morgan fingerprint density at radius 2 is 1.71 bits per heavy atom. The molecule has 17 heavy (non-hydrogen) atoms. The minimum absolute atomic E-state index is 0.0424. The van der Waals surface area contributed by atoms with E-state index in [0.29, 0.717) is 13.1 Å². The maximum absolute atomic E-state index is 11.5. The summed E-state index contributed by atoms with van der Waals surface area (Å²) >= 11 is 0. The second kappa shape index (κ2) is 8.55. The molecule has 0 atom stereocenters. The summed E-state index contributed by atoms with van der Waals surface area (Å²) in [6.45, 7) is 6.98. The molecule has 0 aromatic carbocycles. The van der Waals surface area contributed by atoms with Crippen LogP contribution >= 0.6 is 0 Å². The topological polar surface area (TPSA) is 75.7 Å². The van der Waals surface area contributed by atoms with Crippen LogP contribution in [0.5, 0.6) is 0 Å². The SMILES string of the molecule is CCOC(=O)C(=O)NCCC(=O)N(CC)CC. The summed E-state index contributed by atoms with van der Waals surface area (Å²) in [5, 5.41) is 2.34. The Hall–Kier alpha value is -1.59. The molecule has 2 amide bonds. The standard InChI is InChI=1S/C11H20N2O4/c1-4-13(5-2)9(14)7-8-12-10(15)11(16)17-6-3/h4-8H2,1-3H3,(H,12,15). The van der Waals surface area contributed by atoms with Crippen molar-refractivity contribution in [3.05, 3.63) is 0 Å². The number of hydrogen-bond donors (Lipinski definition) is 1. The van der Waals surface area contributed by atoms with Crippen LogP contribution in [0.3, 0.4) is 0 Å². The first-order valence-corrected chi connectivity index (χ1v) is 5.79. The zero-order valence-electron chi connectivity index (χ0n) is 10.6. The van der Waals surface area contributed by atoms with Gasteiger partial charge in [-0.05, 0) is 20.8 Å². The summed E-state index contributed by atoms with van der Waals surface area (Å²) in [5.41, 5.74) is 0. The molecule has 0 aromatic rings. The molecule has 0 aromatic heterocycles. The summed E-state index contributed by atoms with van der Waals surface area (Å²) in [6, 6.07) is 0. The van der Waals surface area contributed by atoms with Gasteiger partial charge in [-0.1, -0.05) is 0 Å². The van der Waals surface area contributed by atoms with E-state index in [1.165, 1.54) is 0 Å². The summed E-state index contributed by atoms with van der Waals surface area (Å²) in [7, 11) is 0. The number of carbonyl (C=O) groups excluding carboxylic acids is 3. The Bertz CT molecular complexity index is 275. The van der Waals surface area contributed by atoms with E-state index in [9.17, 15) is 14.4 Å². The van der Waals surface area contributed by atoms with Crippen LogP contribution in [0.15, 0.2) is 0 Å². The first-order valence-electron chi connectivity index (χ1n) is 5.79. The van der Waals surface area contributed by atoms with Crippen LogP contribution in [0.2, 0.25) is 0 Å². The minimum Gasteiger partial charge on any atom is -0.459 e. The maximum atomic E-state index is 11.5. The fourth-order valence-corrected chi connectivity index (χ4v) is 1.29. The highest BCUT2D eigenvalue weighted by Crippen LogP contribution is 1.92. The van der Waals surface area contributed by atoms with Crippen LogP contribution in [-0.2, 0) is 19.1 Å². The molecule has 0 saturated carbocycles. The molecule has 98 valence electrons. The van der Waals surface area contributed by atoms with Gasteiger partial charge in [0.25, 0.3) is 0 Å². The van der Waals surface area contributed by atoms with E-state index in [2.05, 4.69) is 10.1 Å². The van der Waals surface area contributed by atoms with Crippen LogP contribution in [0.1, 0.15) is 27.2 Å². The van der Waals surface area contributed by atoms with E-state index < -0.39 is 11.9 Å². The average molecular weight is 244 g/mol. The van der Waals surface area contributed by atoms with Crippen LogP contribution < -0.4 is 5.32 Å². The van der Waals surface area contributed by atoms with Gasteiger partial charge in [0.15, 0.2) is 0 Å². The number of nitrogens with zero attached hydrogens (tertiary/aromatic N) is 1. The zero-order chi connectivity index (χ0) is 13.3. The van der Waals surface area contributed by atoms with Crippen LogP contribution in [0, 0.1) is 0 Å². The van der Waals surface area contributed by atoms with E-state index in [4.69, 9.17) is 0 Å². The zero-order valence-corrected chi connectivity index (χ0v) is 10.6. The third-order valence-corrected chi connectivity index (χ3v) is 2.20. The van der Waals surface area contributed by atoms with E-state index in [0.717, 1.165) is 0 Å². The van der Waals surface area contributed by atoms with Crippen molar-refractivity contribution in [2.24, 2.45) is 0 Å². The van der Waals surface area contributed by atoms with Crippen LogP contribution in [0.25, 0.3) is 0 Å². The third-order valence-electron chi connectivity index (χ3n) is 2.20. The fourth-order valence-electron chi connectivity index (χ4n) is 1.29. The van der Waals surface area contributed by atoms with Gasteiger partial charge in [0, 0.05) is 26.1 Å². The molecule has 0 heterocycles. The largest absolute Gasteiger partial charge is 0.459 e. The quantitative estimate of drug-likeness (QED) is 0.524. The molecule has 0 spiro atoms. The lowest BCUT2D eigenvalue weighted by Crippen LogP contribution is -2.37. The van der Waals surface area contributed by atoms with E-state index >= 15 is 0 Å². The Labute approximate surface area is 101 Å². The number of ether oxygens (including phenoxy) is 1. The van der Waals surface area contributed by atoms with Crippen molar-refractivity contribution in [1.29, 1.82) is 0 Å². The number of amides is 2. The van der Waals surface area contributed by atoms with Gasteiger partial charge in [0.2, 0.25) is 5.91 Å². The Morgan fingerprint density at radius 1 is 1.12 bits per heavy atom. The first-order chi connectivity index (χ1) is 8.06. The van der Waals surface area contributed by atoms with Crippen molar-refractivity contribution >= 4 is 17.8 Å². The van der Waals surface area contributed by atoms with Gasteiger partial charge in [0.05, 0.1) is 6.61 Å². The van der Waals surface area contributed by atoms with Crippen molar-refractivity contribution in [3.8, 4) is 0 Å². The van der Waals surface area contributed by atoms with Gasteiger partial charge < -0.3 is 15.0 Å². The van der Waals surface area contributed by atoms with Gasteiger partial charge in [-0.15, -0.1) is 0 Å². The molecular formula is C11H20N2O4. The van der Waals surface area contributed by atoms with Gasteiger partial charge >= 0.3 is 11.9 Å². The van der Waals surface area contributed by atoms with E-state index in [1.807, 2.05) is 13.8 Å². The summed E-state index contributed by atoms with van der Waals surface area (Å²) in [5.74, 6) is -1.76. The lowest BCUT2D eigenvalue weighted by molar-refractivity contribution is -0.154. The minimum atomic E-state index is -0.914. The van der Waals surface area contributed by atoms with Gasteiger partial charge in [-0.25, -0.2) is 4.79 Å². The number of nitrogens with one attached hydrogen (secondary N) is 1. The van der Waals surface area contributed by atoms with Crippen LogP contribution in [-0.4, -0.2) is 48.9 Å². The number of rotatable bonds is 6. The molecule has 0 aliphatic carbocycles. The monoisotopic (exact) mass is 244 g/mol. The molecular weight excluding hydrogens is 224 g/mol. The average Bonchev–Trinajstić information content (AvgIpc) is 2.30. The van der Waals surface area contributed by atoms with E-state index in [-0.39, 0.29) is 25.5 Å². The molecule has 0 unspecified atom stereocenters. The smallest absolute Gasteiger partial charge is 0.396 e. The molecule has 0 fully saturated rings. The Kier molecular flexibility index (Phi) is 7.75. The number of carbonyl (C=O) groups is 3. The molecule has 0 bridgehead atoms. The maximum Gasteiger partial charge on any atom is 0.396 e. The van der Waals surface area contributed by atoms with Gasteiger partial charge in [-0.2, -0.15) is 0 Å². The van der Waals surface area contributed by atoms with Gasteiger partial charge in [0.1, 0.15) is 0 Å². The predicted molar refractivity (Wildman–Crippen MR) is 62.2 cm³/mol. The normalized spacial score (nSPS) is 9.59. The second-order valence-corrected chi connectivity index (χ2v) is 3.29. The lowest BCUT2D eigenvalue weighted by atomic mass is 10.3. The molecule has 6 heteroatoms. The molecule has 1 N–H and O–H groups in total. The summed E-state index contributed by atoms with van der Waals surface area (Å²) < 4.78 is 4.50. The molecule has 0 aliphatic rings. The third kappa shape index (κ3) is 5.89. The first kappa shape index (κ1) is 15.4. The van der Waals surface area contributed by atoms with Crippen LogP contribution in [0.4, 0.5) is 0 Å². The predicted octanol–water partition coefficient (Wildman–Crippen LogP) is -0.0758. The van der Waals surface area contributed by atoms with Crippen molar-refractivity contribution in [3.63, 3.8) is 0 Å². The molecule has 6 nitrogen and oxygen atoms in total. The molecule has 0 aliphatic heterocycles. The lowest BCUT2D eigenvalue weighted by Gasteiger charge is -2.18. The summed E-state index contributed by atoms with van der Waals surface area (Å²) in [6.07, 6.45) is 0.187. The highest BCUT2D eigenvalue weighted by Gasteiger charge is 2.15. The van der Waals surface area contributed by atoms with Crippen molar-refractivity contribution in [2.75, 3.05) is 26.2 Å². The Balaban J connectivity index is 3.87. The second-order valence-electron chi connectivity index (χ2n) is 3.29. The van der Waals surface area contributed by atoms with Crippen molar-refractivity contribution in [1.82, 2.24) is 10.2 Å². The van der Waals surface area contributed by atoms with Crippen molar-refractivity contribution in [2.45, 2.75) is 27.2 Å². The highest BCUT2D eigenvalue weighted by molar-refractivity contribution is 6.32. The Morgan fingerprint density at radius 3 is 2.18 bits per heavy atom. The molecule has 0 radical (unpaired) electrons. The highest BCUT2D eigenvalue weighted by atomic mass is 16.5. The van der Waals surface area contributed by atoms with Gasteiger partial charge in [-0.3, -0.25) is 9.59 Å². The molecule has 0 rings (SSSR count). The number of esters is 1.